The molecule has 4 atom stereocenters. The van der Waals surface area contributed by atoms with Crippen LogP contribution in [-0.2, 0) is 16.6 Å². The number of hydrogen-bond acceptors (Lipinski definition) is 6. The molecule has 3 aliphatic rings. The van der Waals surface area contributed by atoms with Crippen LogP contribution in [0.25, 0.3) is 0 Å². The highest BCUT2D eigenvalue weighted by Crippen LogP contribution is 2.41. The number of fused-ring (bicyclic) bond motifs is 4. The molecule has 0 aromatic carbocycles. The van der Waals surface area contributed by atoms with Crippen molar-refractivity contribution in [2.24, 2.45) is 18.9 Å². The molecule has 0 spiro atoms. The maximum atomic E-state index is 13.1. The monoisotopic (exact) mass is 451 g/mol. The number of piperidine rings is 3. The topological polar surface area (TPSA) is 119 Å². The highest BCUT2D eigenvalue weighted by Gasteiger charge is 2.48. The lowest BCUT2D eigenvalue weighted by Gasteiger charge is -2.57. The molecule has 10 heteroatoms. The first-order chi connectivity index (χ1) is 15.3. The Hall–Kier alpha value is -2.46. The first kappa shape index (κ1) is 25.8. The second kappa shape index (κ2) is 12.0. The van der Waals surface area contributed by atoms with Gasteiger partial charge in [-0.15, -0.1) is 0 Å². The van der Waals surface area contributed by atoms with Gasteiger partial charge in [0.05, 0.1) is 0 Å². The summed E-state index contributed by atoms with van der Waals surface area (Å²) in [4.78, 5) is 37.1. The Labute approximate surface area is 189 Å². The van der Waals surface area contributed by atoms with E-state index in [0.29, 0.717) is 29.6 Å². The normalized spacial score (nSPS) is 26.7. The van der Waals surface area contributed by atoms with Gasteiger partial charge in [0, 0.05) is 44.5 Å². The molecule has 0 unspecified atom stereocenters. The lowest BCUT2D eigenvalue weighted by atomic mass is 9.72. The fourth-order valence-corrected chi connectivity index (χ4v) is 5.53. The van der Waals surface area contributed by atoms with Crippen molar-refractivity contribution < 1.29 is 24.6 Å². The van der Waals surface area contributed by atoms with Gasteiger partial charge >= 0.3 is 0 Å². The van der Waals surface area contributed by atoms with Gasteiger partial charge in [0.1, 0.15) is 0 Å². The van der Waals surface area contributed by atoms with Crippen LogP contribution in [0.4, 0.5) is 0 Å². The highest BCUT2D eigenvalue weighted by atomic mass is 16.3. The van der Waals surface area contributed by atoms with Crippen LogP contribution in [0.15, 0.2) is 6.07 Å². The lowest BCUT2D eigenvalue weighted by molar-refractivity contribution is -0.123. The first-order valence-corrected chi connectivity index (χ1v) is 11.1. The van der Waals surface area contributed by atoms with E-state index in [4.69, 9.17) is 19.8 Å². The molecule has 1 amide bonds. The number of aromatic nitrogens is 2. The van der Waals surface area contributed by atoms with Crippen LogP contribution in [0.5, 0.6) is 0 Å². The SMILES string of the molecule is Cc1cc(C(=O)N2C[C@H]3C[C@@H](C2)[C@H](CN(C)C)N2CCCC[C@@H]32)nn1C.O=CO.O=CO. The summed E-state index contributed by atoms with van der Waals surface area (Å²) in [6, 6.07) is 3.16. The number of hydrogen-bond donors (Lipinski definition) is 2. The molecule has 180 valence electrons. The molecular weight excluding hydrogens is 414 g/mol. The van der Waals surface area contributed by atoms with Gasteiger partial charge in [0.2, 0.25) is 0 Å². The van der Waals surface area contributed by atoms with Crippen molar-refractivity contribution in [3.05, 3.63) is 17.5 Å². The molecule has 1 aromatic heterocycles. The zero-order chi connectivity index (χ0) is 23.8. The van der Waals surface area contributed by atoms with Crippen molar-refractivity contribution in [3.8, 4) is 0 Å². The van der Waals surface area contributed by atoms with Crippen molar-refractivity contribution in [1.29, 1.82) is 0 Å². The second-order valence-electron chi connectivity index (χ2n) is 9.10. The number of amides is 1. The van der Waals surface area contributed by atoms with Crippen molar-refractivity contribution >= 4 is 18.9 Å². The van der Waals surface area contributed by atoms with Gasteiger partial charge in [-0.2, -0.15) is 5.10 Å². The van der Waals surface area contributed by atoms with E-state index in [9.17, 15) is 4.79 Å². The summed E-state index contributed by atoms with van der Waals surface area (Å²) in [7, 11) is 6.25. The Morgan fingerprint density at radius 2 is 1.81 bits per heavy atom. The molecule has 0 aliphatic carbocycles. The van der Waals surface area contributed by atoms with Gasteiger partial charge in [0.15, 0.2) is 5.69 Å². The highest BCUT2D eigenvalue weighted by molar-refractivity contribution is 5.92. The zero-order valence-corrected chi connectivity index (χ0v) is 19.6. The molecule has 3 aliphatic heterocycles. The summed E-state index contributed by atoms with van der Waals surface area (Å²) in [5.41, 5.74) is 1.64. The Morgan fingerprint density at radius 3 is 2.38 bits per heavy atom. The Kier molecular flexibility index (Phi) is 9.64. The molecule has 32 heavy (non-hydrogen) atoms. The Morgan fingerprint density at radius 1 is 1.19 bits per heavy atom. The standard InChI is InChI=1S/C20H33N5O.2CH2O2/c1-14-9-17(21-23(14)4)20(26)24-11-15-10-16(12-24)19(13-22(2)3)25-8-6-5-7-18(15)25;2*2-1-3/h9,15-16,18-19H,5-8,10-13H2,1-4H3;2*1H,(H,2,3)/t15-,16+,18+,19+;;/m1../s1. The minimum Gasteiger partial charge on any atom is -0.483 e. The summed E-state index contributed by atoms with van der Waals surface area (Å²) < 4.78 is 1.80. The van der Waals surface area contributed by atoms with E-state index >= 15 is 0 Å². The van der Waals surface area contributed by atoms with E-state index in [1.165, 1.54) is 32.2 Å². The average Bonchev–Trinajstić information content (AvgIpc) is 3.10. The number of carbonyl (C=O) groups is 3. The molecule has 0 saturated carbocycles. The van der Waals surface area contributed by atoms with E-state index in [1.807, 2.05) is 20.0 Å². The van der Waals surface area contributed by atoms with Gasteiger partial charge in [-0.05, 0) is 64.7 Å². The van der Waals surface area contributed by atoms with Gasteiger partial charge < -0.3 is 20.0 Å². The summed E-state index contributed by atoms with van der Waals surface area (Å²) >= 11 is 0. The van der Waals surface area contributed by atoms with Crippen LogP contribution in [0.2, 0.25) is 0 Å². The van der Waals surface area contributed by atoms with E-state index in [2.05, 4.69) is 33.9 Å². The quantitative estimate of drug-likeness (QED) is 0.654. The van der Waals surface area contributed by atoms with Gasteiger partial charge in [-0.1, -0.05) is 6.42 Å². The van der Waals surface area contributed by atoms with Crippen LogP contribution in [-0.4, -0.2) is 106 Å². The third kappa shape index (κ3) is 6.07. The number of carboxylic acid groups (broad SMARTS) is 2. The Balaban J connectivity index is 0.000000547. The minimum absolute atomic E-state index is 0.122. The predicted molar refractivity (Wildman–Crippen MR) is 120 cm³/mol. The summed E-state index contributed by atoms with van der Waals surface area (Å²) in [6.07, 6.45) is 5.25. The molecule has 4 heterocycles. The maximum Gasteiger partial charge on any atom is 0.290 e. The number of rotatable bonds is 3. The van der Waals surface area contributed by atoms with Crippen LogP contribution >= 0.6 is 0 Å². The number of nitrogens with zero attached hydrogens (tertiary/aromatic N) is 5. The molecule has 3 saturated heterocycles. The van der Waals surface area contributed by atoms with Crippen molar-refractivity contribution in [2.75, 3.05) is 40.3 Å². The van der Waals surface area contributed by atoms with Gasteiger partial charge in [-0.25, -0.2) is 0 Å². The summed E-state index contributed by atoms with van der Waals surface area (Å²) in [5.74, 6) is 1.33. The number of carbonyl (C=O) groups excluding carboxylic acids is 1. The van der Waals surface area contributed by atoms with E-state index in [0.717, 1.165) is 25.3 Å². The molecule has 4 rings (SSSR count). The zero-order valence-electron chi connectivity index (χ0n) is 19.6. The predicted octanol–water partition coefficient (Wildman–Crippen LogP) is 1.01. The maximum absolute atomic E-state index is 13.1. The Bertz CT molecular complexity index is 742. The van der Waals surface area contributed by atoms with E-state index in [1.54, 1.807) is 4.68 Å². The van der Waals surface area contributed by atoms with Crippen molar-refractivity contribution in [3.63, 3.8) is 0 Å². The van der Waals surface area contributed by atoms with Crippen LogP contribution < -0.4 is 0 Å². The fourth-order valence-electron chi connectivity index (χ4n) is 5.53. The molecule has 1 aromatic rings. The lowest BCUT2D eigenvalue weighted by Crippen LogP contribution is -2.65. The smallest absolute Gasteiger partial charge is 0.290 e. The summed E-state index contributed by atoms with van der Waals surface area (Å²) in [6.45, 7) is 5.62. The largest absolute Gasteiger partial charge is 0.483 e. The number of likely N-dealkylation sites (tertiary alicyclic amines) is 1. The molecule has 0 radical (unpaired) electrons. The fraction of sp³-hybridized carbons (Fsp3) is 0.727. The molecule has 10 nitrogen and oxygen atoms in total. The van der Waals surface area contributed by atoms with Crippen LogP contribution in [0.3, 0.4) is 0 Å². The van der Waals surface area contributed by atoms with Crippen LogP contribution in [0.1, 0.15) is 41.9 Å². The summed E-state index contributed by atoms with van der Waals surface area (Å²) in [5, 5.41) is 18.2. The van der Waals surface area contributed by atoms with Crippen LogP contribution in [0, 0.1) is 18.8 Å². The van der Waals surface area contributed by atoms with Crippen molar-refractivity contribution in [1.82, 2.24) is 24.5 Å². The molecule has 2 N–H and O–H groups in total. The van der Waals surface area contributed by atoms with E-state index < -0.39 is 0 Å². The van der Waals surface area contributed by atoms with Crippen molar-refractivity contribution in [2.45, 2.75) is 44.7 Å². The van der Waals surface area contributed by atoms with E-state index in [-0.39, 0.29) is 18.9 Å². The third-order valence-corrected chi connectivity index (χ3v) is 6.79. The molecule has 3 fully saturated rings. The third-order valence-electron chi connectivity index (χ3n) is 6.79. The molecular formula is C22H37N5O5. The molecule has 2 bridgehead atoms. The first-order valence-electron chi connectivity index (χ1n) is 11.1. The number of aryl methyl sites for hydroxylation is 2. The van der Waals surface area contributed by atoms with Gasteiger partial charge in [0.25, 0.3) is 18.9 Å². The van der Waals surface area contributed by atoms with Gasteiger partial charge in [-0.3, -0.25) is 24.0 Å². The minimum atomic E-state index is -0.250. The average molecular weight is 452 g/mol. The second-order valence-corrected chi connectivity index (χ2v) is 9.10. The number of likely N-dealkylation sites (N-methyl/N-ethyl adjacent to an activating group) is 1.